The lowest BCUT2D eigenvalue weighted by molar-refractivity contribution is 1.29. The minimum Gasteiger partial charge on any atom is -0.0801 e. The lowest BCUT2D eigenvalue weighted by Gasteiger charge is -2.16. The highest BCUT2D eigenvalue weighted by molar-refractivity contribution is 6.09. The molecule has 0 saturated carbocycles. The minimum absolute atomic E-state index is 0.904. The summed E-state index contributed by atoms with van der Waals surface area (Å²) in [5.74, 6) is 0. The van der Waals surface area contributed by atoms with Crippen LogP contribution >= 0.6 is 0 Å². The Labute approximate surface area is 112 Å². The Morgan fingerprint density at radius 3 is 2.28 bits per heavy atom. The van der Waals surface area contributed by atoms with Gasteiger partial charge in [0.05, 0.1) is 0 Å². The zero-order chi connectivity index (χ0) is 12.4. The lowest BCUT2D eigenvalue weighted by atomic mass is 9.90. The van der Waals surface area contributed by atoms with Gasteiger partial charge in [-0.25, -0.2) is 0 Å². The predicted octanol–water partition coefficient (Wildman–Crippen LogP) is 4.04. The smallest absolute Gasteiger partial charge is 0.0284 e. The SMILES string of the molecule is [Si]Cc1cccc(C2=CC=CC2)c1C1=CC=CC1. The number of hydrogen-bond donors (Lipinski definition) is 0. The maximum Gasteiger partial charge on any atom is 0.0284 e. The Morgan fingerprint density at radius 1 is 0.944 bits per heavy atom. The minimum atomic E-state index is 0.904. The van der Waals surface area contributed by atoms with Crippen molar-refractivity contribution in [3.05, 3.63) is 71.3 Å². The fourth-order valence-electron chi connectivity index (χ4n) is 2.67. The quantitative estimate of drug-likeness (QED) is 0.707. The van der Waals surface area contributed by atoms with E-state index < -0.39 is 0 Å². The maximum atomic E-state index is 3.67. The Morgan fingerprint density at radius 2 is 1.67 bits per heavy atom. The summed E-state index contributed by atoms with van der Waals surface area (Å²) < 4.78 is 0. The molecule has 0 aromatic heterocycles. The third-order valence-corrected chi connectivity index (χ3v) is 3.93. The molecular formula is C17H15Si. The molecule has 0 N–H and O–H groups in total. The Balaban J connectivity index is 2.13. The van der Waals surface area contributed by atoms with E-state index >= 15 is 0 Å². The molecule has 0 spiro atoms. The van der Waals surface area contributed by atoms with Crippen molar-refractivity contribution in [2.24, 2.45) is 0 Å². The van der Waals surface area contributed by atoms with Crippen LogP contribution in [0.4, 0.5) is 0 Å². The standard InChI is InChI=1S/C17H15Si/c18-12-15-10-5-11-16(13-6-1-2-7-13)17(15)14-8-3-4-9-14/h1-6,8,10-11H,7,9,12H2. The highest BCUT2D eigenvalue weighted by Crippen LogP contribution is 2.35. The Bertz CT molecular complexity index is 586. The molecule has 1 aromatic carbocycles. The topological polar surface area (TPSA) is 0 Å². The molecule has 3 radical (unpaired) electrons. The molecule has 2 aliphatic rings. The predicted molar refractivity (Wildman–Crippen MR) is 79.4 cm³/mol. The van der Waals surface area contributed by atoms with Crippen LogP contribution in [0.3, 0.4) is 0 Å². The Kier molecular flexibility index (Phi) is 3.16. The second-order valence-electron chi connectivity index (χ2n) is 4.66. The van der Waals surface area contributed by atoms with Gasteiger partial charge in [-0.05, 0) is 46.7 Å². The molecule has 1 aromatic rings. The van der Waals surface area contributed by atoms with Crippen LogP contribution in [0.15, 0.2) is 54.7 Å². The number of rotatable bonds is 3. The lowest BCUT2D eigenvalue weighted by Crippen LogP contribution is -1.98. The molecule has 2 aliphatic carbocycles. The second-order valence-corrected chi connectivity index (χ2v) is 5.02. The van der Waals surface area contributed by atoms with Crippen molar-refractivity contribution in [1.82, 2.24) is 0 Å². The summed E-state index contributed by atoms with van der Waals surface area (Å²) in [5, 5.41) is 0. The molecule has 0 nitrogen and oxygen atoms in total. The average Bonchev–Trinajstić information content (AvgIpc) is 3.10. The van der Waals surface area contributed by atoms with E-state index in [0.29, 0.717) is 0 Å². The molecule has 0 fully saturated rings. The molecular weight excluding hydrogens is 232 g/mol. The molecule has 0 aliphatic heterocycles. The second kappa shape index (κ2) is 4.95. The van der Waals surface area contributed by atoms with Crippen LogP contribution in [-0.2, 0) is 6.04 Å². The monoisotopic (exact) mass is 247 g/mol. The molecule has 0 bridgehead atoms. The van der Waals surface area contributed by atoms with E-state index in [1.54, 1.807) is 0 Å². The van der Waals surface area contributed by atoms with Crippen LogP contribution in [-0.4, -0.2) is 10.2 Å². The first-order chi connectivity index (χ1) is 8.90. The third kappa shape index (κ3) is 1.95. The van der Waals surface area contributed by atoms with Crippen molar-refractivity contribution in [3.63, 3.8) is 0 Å². The van der Waals surface area contributed by atoms with Crippen molar-refractivity contribution in [3.8, 4) is 0 Å². The fourth-order valence-corrected chi connectivity index (χ4v) is 2.97. The first-order valence-corrected chi connectivity index (χ1v) is 7.09. The van der Waals surface area contributed by atoms with Crippen LogP contribution in [0, 0.1) is 0 Å². The van der Waals surface area contributed by atoms with E-state index in [1.165, 1.54) is 27.8 Å². The highest BCUT2D eigenvalue weighted by Gasteiger charge is 2.15. The molecule has 3 rings (SSSR count). The van der Waals surface area contributed by atoms with E-state index in [1.807, 2.05) is 0 Å². The van der Waals surface area contributed by atoms with Crippen LogP contribution in [0.25, 0.3) is 11.1 Å². The molecule has 18 heavy (non-hydrogen) atoms. The van der Waals surface area contributed by atoms with E-state index in [0.717, 1.165) is 18.9 Å². The van der Waals surface area contributed by atoms with Gasteiger partial charge in [0.1, 0.15) is 0 Å². The van der Waals surface area contributed by atoms with Crippen molar-refractivity contribution in [2.75, 3.05) is 0 Å². The van der Waals surface area contributed by atoms with Gasteiger partial charge >= 0.3 is 0 Å². The van der Waals surface area contributed by atoms with E-state index in [4.69, 9.17) is 0 Å². The summed E-state index contributed by atoms with van der Waals surface area (Å²) in [4.78, 5) is 0. The summed E-state index contributed by atoms with van der Waals surface area (Å²) in [5.41, 5.74) is 7.07. The van der Waals surface area contributed by atoms with Gasteiger partial charge in [-0.2, -0.15) is 0 Å². The summed E-state index contributed by atoms with van der Waals surface area (Å²) in [6, 6.07) is 7.53. The Hall–Kier alpha value is -1.60. The van der Waals surface area contributed by atoms with Gasteiger partial charge in [0.15, 0.2) is 0 Å². The number of allylic oxidation sites excluding steroid dienone is 8. The molecule has 1 heteroatoms. The fraction of sp³-hybridized carbons (Fsp3) is 0.176. The van der Waals surface area contributed by atoms with Gasteiger partial charge in [-0.3, -0.25) is 0 Å². The summed E-state index contributed by atoms with van der Waals surface area (Å²) in [7, 11) is 3.67. The van der Waals surface area contributed by atoms with Crippen LogP contribution in [0.1, 0.15) is 29.5 Å². The molecule has 0 saturated heterocycles. The van der Waals surface area contributed by atoms with Crippen LogP contribution in [0.5, 0.6) is 0 Å². The molecule has 0 heterocycles. The summed E-state index contributed by atoms with van der Waals surface area (Å²) in [6.45, 7) is 0. The first kappa shape index (κ1) is 11.5. The van der Waals surface area contributed by atoms with Crippen molar-refractivity contribution >= 4 is 21.4 Å². The largest absolute Gasteiger partial charge is 0.0801 e. The summed E-state index contributed by atoms with van der Waals surface area (Å²) in [6.07, 6.45) is 15.3. The number of hydrogen-bond acceptors (Lipinski definition) is 0. The molecule has 0 unspecified atom stereocenters. The van der Waals surface area contributed by atoms with Gasteiger partial charge in [0.25, 0.3) is 0 Å². The average molecular weight is 247 g/mol. The third-order valence-electron chi connectivity index (χ3n) is 3.55. The zero-order valence-corrected chi connectivity index (χ0v) is 11.3. The van der Waals surface area contributed by atoms with E-state index in [9.17, 15) is 0 Å². The van der Waals surface area contributed by atoms with Crippen molar-refractivity contribution in [1.29, 1.82) is 0 Å². The summed E-state index contributed by atoms with van der Waals surface area (Å²) >= 11 is 0. The normalized spacial score (nSPS) is 17.2. The first-order valence-electron chi connectivity index (χ1n) is 6.39. The van der Waals surface area contributed by atoms with Crippen LogP contribution in [0.2, 0.25) is 0 Å². The van der Waals surface area contributed by atoms with Gasteiger partial charge in [0, 0.05) is 10.2 Å². The van der Waals surface area contributed by atoms with E-state index in [-0.39, 0.29) is 0 Å². The van der Waals surface area contributed by atoms with Gasteiger partial charge < -0.3 is 0 Å². The maximum absolute atomic E-state index is 3.67. The highest BCUT2D eigenvalue weighted by atomic mass is 28.1. The zero-order valence-electron chi connectivity index (χ0n) is 10.3. The van der Waals surface area contributed by atoms with Crippen LogP contribution < -0.4 is 0 Å². The van der Waals surface area contributed by atoms with Crippen molar-refractivity contribution in [2.45, 2.75) is 18.9 Å². The van der Waals surface area contributed by atoms with Gasteiger partial charge in [-0.1, -0.05) is 54.7 Å². The van der Waals surface area contributed by atoms with Crippen molar-refractivity contribution < 1.29 is 0 Å². The van der Waals surface area contributed by atoms with Gasteiger partial charge in [0.2, 0.25) is 0 Å². The van der Waals surface area contributed by atoms with E-state index in [2.05, 4.69) is 64.9 Å². The molecule has 87 valence electrons. The van der Waals surface area contributed by atoms with Gasteiger partial charge in [-0.15, -0.1) is 0 Å². The molecule has 0 atom stereocenters. The number of benzene rings is 1. The molecule has 0 amide bonds.